The number of nitrogens with one attached hydrogen (secondary N) is 4. The molecule has 0 spiro atoms. The van der Waals surface area contributed by atoms with E-state index in [1.807, 2.05) is 7.05 Å². The van der Waals surface area contributed by atoms with Crippen LogP contribution in [0.25, 0.3) is 11.2 Å². The fourth-order valence-corrected chi connectivity index (χ4v) is 3.88. The highest BCUT2D eigenvalue weighted by atomic mass is 16.5. The van der Waals surface area contributed by atoms with Crippen molar-refractivity contribution in [3.63, 3.8) is 0 Å². The zero-order chi connectivity index (χ0) is 36.8. The molecule has 0 aliphatic carbocycles. The number of nitrogens with two attached hydrogens (primary N) is 2. The standard InChI is InChI=1S/C19H19N7O5.C11H25NO.C3H9NO/c20-19-25-15-14(17(29)26-19)23-12(9-22-15)8-21-11-5-3-10(4-6-11)16(28)24-13(18(30)31)2-1-7-27;1-10(2)6-9-13-11(3,4)7-8-12-5;4-2-1-3-5/h3-7,9,13,21H,1-2,8H2,(H,24,28)(H,30,31)(H3,20,22,25,26,29);10,12H,6-9H2,1-5H3;5H,1-4H2. The van der Waals surface area contributed by atoms with E-state index >= 15 is 0 Å². The molecule has 49 heavy (non-hydrogen) atoms. The highest BCUT2D eigenvalue weighted by Gasteiger charge is 2.20. The number of rotatable bonds is 18. The number of nitrogens with zero attached hydrogens (tertiary/aromatic N) is 3. The van der Waals surface area contributed by atoms with E-state index in [0.717, 1.165) is 38.3 Å². The molecule has 3 aromatic rings. The molecule has 0 radical (unpaired) electrons. The van der Waals surface area contributed by atoms with Crippen LogP contribution in [0.15, 0.2) is 35.3 Å². The van der Waals surface area contributed by atoms with Gasteiger partial charge >= 0.3 is 5.97 Å². The first kappa shape index (κ1) is 42.5. The van der Waals surface area contributed by atoms with Crippen molar-refractivity contribution < 1.29 is 29.3 Å². The molecule has 0 fully saturated rings. The lowest BCUT2D eigenvalue weighted by atomic mass is 10.1. The number of aromatic amines is 1. The van der Waals surface area contributed by atoms with Crippen LogP contribution in [-0.2, 0) is 20.9 Å². The third-order valence-electron chi connectivity index (χ3n) is 6.81. The van der Waals surface area contributed by atoms with Gasteiger partial charge in [-0.1, -0.05) is 13.8 Å². The van der Waals surface area contributed by atoms with Gasteiger partial charge in [0.1, 0.15) is 12.3 Å². The van der Waals surface area contributed by atoms with Gasteiger partial charge in [0.25, 0.3) is 11.5 Å². The summed E-state index contributed by atoms with van der Waals surface area (Å²) in [7, 11) is 1.98. The van der Waals surface area contributed by atoms with Gasteiger partial charge in [-0.2, -0.15) is 4.98 Å². The number of ether oxygens (including phenoxy) is 1. The number of hydrogen-bond acceptors (Lipinski definition) is 13. The predicted octanol–water partition coefficient (Wildman–Crippen LogP) is 1.83. The van der Waals surface area contributed by atoms with Crippen LogP contribution in [0.3, 0.4) is 0 Å². The molecule has 0 saturated carbocycles. The maximum atomic E-state index is 12.2. The molecular weight excluding hydrogens is 634 g/mol. The van der Waals surface area contributed by atoms with Crippen molar-refractivity contribution in [1.82, 2.24) is 30.6 Å². The summed E-state index contributed by atoms with van der Waals surface area (Å²) in [6, 6.07) is 5.19. The molecule has 1 amide bonds. The van der Waals surface area contributed by atoms with Gasteiger partial charge < -0.3 is 47.2 Å². The number of aliphatic hydroxyl groups excluding tert-OH is 1. The number of H-pyrrole nitrogens is 1. The maximum absolute atomic E-state index is 12.2. The number of nitrogen functional groups attached to an aromatic ring is 1. The minimum absolute atomic E-state index is 0.0158. The molecular formula is C33H53N9O7. The van der Waals surface area contributed by atoms with E-state index in [0.29, 0.717) is 24.2 Å². The van der Waals surface area contributed by atoms with Crippen LogP contribution < -0.4 is 33.0 Å². The monoisotopic (exact) mass is 687 g/mol. The highest BCUT2D eigenvalue weighted by Crippen LogP contribution is 2.15. The summed E-state index contributed by atoms with van der Waals surface area (Å²) in [6.07, 6.45) is 5.07. The fraction of sp³-hybridized carbons (Fsp3) is 0.545. The van der Waals surface area contributed by atoms with E-state index in [-0.39, 0.29) is 54.3 Å². The van der Waals surface area contributed by atoms with Crippen LogP contribution in [0.5, 0.6) is 0 Å². The molecule has 1 aromatic carbocycles. The van der Waals surface area contributed by atoms with Gasteiger partial charge in [0.2, 0.25) is 5.95 Å². The Morgan fingerprint density at radius 3 is 2.39 bits per heavy atom. The van der Waals surface area contributed by atoms with Crippen molar-refractivity contribution in [2.75, 3.05) is 44.4 Å². The Balaban J connectivity index is 0.000000553. The number of benzene rings is 1. The molecule has 16 heteroatoms. The van der Waals surface area contributed by atoms with Crippen molar-refractivity contribution in [3.8, 4) is 0 Å². The van der Waals surface area contributed by atoms with Crippen LogP contribution in [-0.4, -0.2) is 93.3 Å². The van der Waals surface area contributed by atoms with E-state index in [1.54, 1.807) is 12.1 Å². The summed E-state index contributed by atoms with van der Waals surface area (Å²) in [4.78, 5) is 60.3. The number of fused-ring (bicyclic) bond motifs is 1. The Morgan fingerprint density at radius 1 is 1.14 bits per heavy atom. The number of amides is 1. The molecule has 16 nitrogen and oxygen atoms in total. The van der Waals surface area contributed by atoms with Crippen molar-refractivity contribution in [2.24, 2.45) is 11.7 Å². The molecule has 2 aromatic heterocycles. The highest BCUT2D eigenvalue weighted by molar-refractivity contribution is 5.96. The van der Waals surface area contributed by atoms with Gasteiger partial charge in [-0.15, -0.1) is 0 Å². The quantitative estimate of drug-likeness (QED) is 0.0888. The van der Waals surface area contributed by atoms with Gasteiger partial charge in [-0.3, -0.25) is 14.6 Å². The van der Waals surface area contributed by atoms with E-state index < -0.39 is 23.5 Å². The average Bonchev–Trinajstić information content (AvgIpc) is 3.05. The fourth-order valence-electron chi connectivity index (χ4n) is 3.88. The Morgan fingerprint density at radius 2 is 1.84 bits per heavy atom. The number of aliphatic hydroxyl groups is 1. The molecule has 0 aliphatic heterocycles. The summed E-state index contributed by atoms with van der Waals surface area (Å²) >= 11 is 0. The molecule has 0 saturated heterocycles. The molecule has 1 unspecified atom stereocenters. The topological polar surface area (TPSA) is 261 Å². The number of carbonyl (C=O) groups excluding carboxylic acids is 2. The van der Waals surface area contributed by atoms with Gasteiger partial charge in [-0.05, 0) is 89.9 Å². The molecule has 2 heterocycles. The summed E-state index contributed by atoms with van der Waals surface area (Å²) in [5.74, 6) is -1.07. The minimum Gasteiger partial charge on any atom is -0.480 e. The zero-order valence-corrected chi connectivity index (χ0v) is 29.1. The van der Waals surface area contributed by atoms with Crippen LogP contribution >= 0.6 is 0 Å². The number of anilines is 2. The first-order valence-electron chi connectivity index (χ1n) is 16.2. The Labute approximate surface area is 286 Å². The smallest absolute Gasteiger partial charge is 0.326 e. The number of aromatic nitrogens is 4. The van der Waals surface area contributed by atoms with E-state index in [4.69, 9.17) is 26.4 Å². The maximum Gasteiger partial charge on any atom is 0.326 e. The third-order valence-corrected chi connectivity index (χ3v) is 6.81. The molecule has 1 atom stereocenters. The van der Waals surface area contributed by atoms with Crippen LogP contribution in [0.1, 0.15) is 75.9 Å². The van der Waals surface area contributed by atoms with E-state index in [2.05, 4.69) is 63.6 Å². The first-order valence-corrected chi connectivity index (χ1v) is 16.2. The molecule has 272 valence electrons. The molecule has 0 aliphatic rings. The summed E-state index contributed by atoms with van der Waals surface area (Å²) in [5, 5.41) is 25.7. The largest absolute Gasteiger partial charge is 0.480 e. The lowest BCUT2D eigenvalue weighted by Gasteiger charge is -2.25. The van der Waals surface area contributed by atoms with Gasteiger partial charge in [0, 0.05) is 30.9 Å². The number of aliphatic carboxylic acids is 1. The average molecular weight is 688 g/mol. The van der Waals surface area contributed by atoms with Gasteiger partial charge in [0.15, 0.2) is 11.2 Å². The van der Waals surface area contributed by atoms with E-state index in [1.165, 1.54) is 18.3 Å². The lowest BCUT2D eigenvalue weighted by molar-refractivity contribution is -0.139. The number of hydrogen-bond donors (Lipinski definition) is 8. The lowest BCUT2D eigenvalue weighted by Crippen LogP contribution is -2.40. The Kier molecular flexibility index (Phi) is 19.9. The van der Waals surface area contributed by atoms with Crippen LogP contribution in [0, 0.1) is 5.92 Å². The van der Waals surface area contributed by atoms with Crippen molar-refractivity contribution in [1.29, 1.82) is 0 Å². The minimum atomic E-state index is -1.21. The summed E-state index contributed by atoms with van der Waals surface area (Å²) in [5.41, 5.74) is 11.6. The van der Waals surface area contributed by atoms with Crippen molar-refractivity contribution in [2.45, 2.75) is 78.0 Å². The second-order valence-corrected chi connectivity index (χ2v) is 12.0. The number of aldehydes is 1. The number of carboxylic acid groups (broad SMARTS) is 1. The molecule has 10 N–H and O–H groups in total. The van der Waals surface area contributed by atoms with Crippen molar-refractivity contribution in [3.05, 3.63) is 52.1 Å². The molecule has 3 rings (SSSR count). The molecule has 0 bridgehead atoms. The van der Waals surface area contributed by atoms with Gasteiger partial charge in [-0.25, -0.2) is 14.8 Å². The second kappa shape index (κ2) is 23.0. The third kappa shape index (κ3) is 17.5. The Hall–Kier alpha value is -4.51. The summed E-state index contributed by atoms with van der Waals surface area (Å²) < 4.78 is 5.80. The van der Waals surface area contributed by atoms with Crippen LogP contribution in [0.4, 0.5) is 11.6 Å². The summed E-state index contributed by atoms with van der Waals surface area (Å²) in [6.45, 7) is 11.7. The van der Waals surface area contributed by atoms with Gasteiger partial charge in [0.05, 0.1) is 24.0 Å². The first-order chi connectivity index (χ1) is 23.3. The van der Waals surface area contributed by atoms with Crippen LogP contribution in [0.2, 0.25) is 0 Å². The Bertz CT molecular complexity index is 1480. The number of carbonyl (C=O) groups is 3. The predicted molar refractivity (Wildman–Crippen MR) is 189 cm³/mol. The SMILES string of the molecule is CNCCC(C)(C)OCCC(C)C.NCCCO.Nc1nc2ncc(CNc3ccc(C(=O)NC(CCC=O)C(=O)O)cc3)nc2c(=O)[nH]1. The second-order valence-electron chi connectivity index (χ2n) is 12.0. The number of carboxylic acids is 1. The van der Waals surface area contributed by atoms with Crippen molar-refractivity contribution >= 4 is 41.0 Å². The zero-order valence-electron chi connectivity index (χ0n) is 29.1. The van der Waals surface area contributed by atoms with E-state index in [9.17, 15) is 19.2 Å². The normalized spacial score (nSPS) is 11.5.